The van der Waals surface area contributed by atoms with Crippen LogP contribution in [0.15, 0.2) is 0 Å². The van der Waals surface area contributed by atoms with Crippen molar-refractivity contribution in [1.29, 1.82) is 0 Å². The molecule has 6 heteroatoms. The van der Waals surface area contributed by atoms with E-state index in [0.29, 0.717) is 5.92 Å². The molecule has 0 radical (unpaired) electrons. The topological polar surface area (TPSA) is 34.6 Å². The van der Waals surface area contributed by atoms with Gasteiger partial charge < -0.3 is 14.2 Å². The summed E-state index contributed by atoms with van der Waals surface area (Å²) >= 11 is 1.72. The monoisotopic (exact) mass is 296 g/mol. The van der Waals surface area contributed by atoms with Crippen LogP contribution in [-0.2, 0) is 9.31 Å². The molecule has 1 fully saturated rings. The highest BCUT2D eigenvalue weighted by Crippen LogP contribution is 2.38. The third-order valence-corrected chi connectivity index (χ3v) is 5.59. The summed E-state index contributed by atoms with van der Waals surface area (Å²) in [4.78, 5) is 8.01. The molecular weight excluding hydrogens is 271 g/mol. The Labute approximate surface area is 126 Å². The van der Waals surface area contributed by atoms with E-state index in [0.717, 1.165) is 10.7 Å². The lowest BCUT2D eigenvalue weighted by molar-refractivity contribution is 0.00578. The maximum Gasteiger partial charge on any atom is 0.515 e. The fraction of sp³-hybridized carbons (Fsp3) is 0.786. The molecule has 0 saturated carbocycles. The standard InChI is InChI=1S/C14H25BN2O2S/c1-9(2)10-11(16-12(20-10)17(7)8)15-18-13(3,4)14(5,6)19-15/h9H,1-8H3. The molecule has 0 aromatic carbocycles. The third-order valence-electron chi connectivity index (χ3n) is 4.05. The van der Waals surface area contributed by atoms with Crippen molar-refractivity contribution in [2.75, 3.05) is 19.0 Å². The molecule has 1 saturated heterocycles. The Bertz CT molecular complexity index is 481. The van der Waals surface area contributed by atoms with E-state index in [1.165, 1.54) is 4.88 Å². The van der Waals surface area contributed by atoms with Gasteiger partial charge in [-0.1, -0.05) is 13.8 Å². The number of hydrogen-bond donors (Lipinski definition) is 0. The highest BCUT2D eigenvalue weighted by Gasteiger charge is 2.53. The molecule has 1 aromatic rings. The van der Waals surface area contributed by atoms with Gasteiger partial charge in [0.1, 0.15) is 0 Å². The van der Waals surface area contributed by atoms with Gasteiger partial charge in [0.25, 0.3) is 0 Å². The Balaban J connectivity index is 2.39. The first-order valence-electron chi connectivity index (χ1n) is 7.09. The average Bonchev–Trinajstić information content (AvgIpc) is 2.79. The maximum atomic E-state index is 6.14. The van der Waals surface area contributed by atoms with Gasteiger partial charge >= 0.3 is 7.12 Å². The van der Waals surface area contributed by atoms with Crippen molar-refractivity contribution in [3.8, 4) is 0 Å². The molecule has 0 unspecified atom stereocenters. The van der Waals surface area contributed by atoms with E-state index in [1.54, 1.807) is 11.3 Å². The van der Waals surface area contributed by atoms with Crippen LogP contribution < -0.4 is 10.5 Å². The van der Waals surface area contributed by atoms with Crippen molar-refractivity contribution in [3.05, 3.63) is 4.88 Å². The van der Waals surface area contributed by atoms with Gasteiger partial charge in [0.05, 0.1) is 16.8 Å². The largest absolute Gasteiger partial charge is 0.515 e. The minimum atomic E-state index is -0.373. The molecule has 1 aliphatic heterocycles. The van der Waals surface area contributed by atoms with Gasteiger partial charge in [-0.25, -0.2) is 4.98 Å². The Morgan fingerprint density at radius 3 is 2.00 bits per heavy atom. The lowest BCUT2D eigenvalue weighted by Crippen LogP contribution is -2.41. The Hall–Kier alpha value is -0.585. The van der Waals surface area contributed by atoms with Crippen LogP contribution in [0.4, 0.5) is 5.13 Å². The van der Waals surface area contributed by atoms with E-state index >= 15 is 0 Å². The van der Waals surface area contributed by atoms with E-state index in [9.17, 15) is 0 Å². The smallest absolute Gasteiger partial charge is 0.398 e. The zero-order valence-corrected chi connectivity index (χ0v) is 14.6. The first-order valence-corrected chi connectivity index (χ1v) is 7.90. The van der Waals surface area contributed by atoms with E-state index in [2.05, 4.69) is 41.5 Å². The summed E-state index contributed by atoms with van der Waals surface area (Å²) in [6, 6.07) is 0. The van der Waals surface area contributed by atoms with Gasteiger partial charge in [-0.15, -0.1) is 11.3 Å². The highest BCUT2D eigenvalue weighted by molar-refractivity contribution is 7.16. The van der Waals surface area contributed by atoms with Crippen LogP contribution >= 0.6 is 11.3 Å². The van der Waals surface area contributed by atoms with Crippen molar-refractivity contribution in [1.82, 2.24) is 4.98 Å². The normalized spacial score (nSPS) is 20.8. The van der Waals surface area contributed by atoms with Gasteiger partial charge in [-0.2, -0.15) is 0 Å². The van der Waals surface area contributed by atoms with Crippen LogP contribution in [-0.4, -0.2) is 37.4 Å². The van der Waals surface area contributed by atoms with Gasteiger partial charge in [-0.3, -0.25) is 0 Å². The van der Waals surface area contributed by atoms with E-state index in [1.807, 2.05) is 19.0 Å². The summed E-state index contributed by atoms with van der Waals surface area (Å²) in [7, 11) is 3.65. The molecule has 1 aliphatic rings. The average molecular weight is 296 g/mol. The Morgan fingerprint density at radius 2 is 1.60 bits per heavy atom. The molecule has 2 heterocycles. The summed E-state index contributed by atoms with van der Waals surface area (Å²) in [5.74, 6) is 0.412. The second kappa shape index (κ2) is 5.00. The van der Waals surface area contributed by atoms with Crippen molar-refractivity contribution < 1.29 is 9.31 Å². The van der Waals surface area contributed by atoms with Crippen LogP contribution in [0.3, 0.4) is 0 Å². The first-order chi connectivity index (χ1) is 9.05. The number of rotatable bonds is 3. The minimum absolute atomic E-state index is 0.326. The quantitative estimate of drug-likeness (QED) is 0.803. The second-order valence-electron chi connectivity index (χ2n) is 6.88. The van der Waals surface area contributed by atoms with E-state index in [4.69, 9.17) is 14.3 Å². The summed E-state index contributed by atoms with van der Waals surface area (Å²) in [6.45, 7) is 12.6. The molecule has 0 aliphatic carbocycles. The molecule has 112 valence electrons. The lowest BCUT2D eigenvalue weighted by Gasteiger charge is -2.32. The summed E-state index contributed by atoms with van der Waals surface area (Å²) in [5.41, 5.74) is 0.286. The number of anilines is 1. The molecule has 2 rings (SSSR count). The van der Waals surface area contributed by atoms with Crippen LogP contribution in [0, 0.1) is 0 Å². The zero-order chi connectivity index (χ0) is 15.3. The van der Waals surface area contributed by atoms with Crippen LogP contribution in [0.25, 0.3) is 0 Å². The Morgan fingerprint density at radius 1 is 1.10 bits per heavy atom. The molecule has 4 nitrogen and oxygen atoms in total. The molecule has 0 bridgehead atoms. The molecule has 0 N–H and O–H groups in total. The first kappa shape index (κ1) is 15.8. The zero-order valence-electron chi connectivity index (χ0n) is 13.8. The molecule has 0 amide bonds. The van der Waals surface area contributed by atoms with Crippen LogP contribution in [0.1, 0.15) is 52.3 Å². The predicted molar refractivity (Wildman–Crippen MR) is 86.2 cm³/mol. The predicted octanol–water partition coefficient (Wildman–Crippen LogP) is 2.63. The van der Waals surface area contributed by atoms with E-state index < -0.39 is 0 Å². The molecule has 0 atom stereocenters. The molecule has 1 aromatic heterocycles. The fourth-order valence-electron chi connectivity index (χ4n) is 2.06. The fourth-order valence-corrected chi connectivity index (χ4v) is 3.07. The molecular formula is C14H25BN2O2S. The molecule has 0 spiro atoms. The third kappa shape index (κ3) is 2.61. The summed E-state index contributed by atoms with van der Waals surface area (Å²) in [5, 5.41) is 0.999. The van der Waals surface area contributed by atoms with Crippen molar-refractivity contribution >= 4 is 29.2 Å². The van der Waals surface area contributed by atoms with Crippen molar-refractivity contribution in [2.24, 2.45) is 0 Å². The van der Waals surface area contributed by atoms with Gasteiger partial charge in [0.2, 0.25) is 0 Å². The second-order valence-corrected chi connectivity index (χ2v) is 7.89. The molecule has 20 heavy (non-hydrogen) atoms. The van der Waals surface area contributed by atoms with Crippen molar-refractivity contribution in [3.63, 3.8) is 0 Å². The van der Waals surface area contributed by atoms with Crippen LogP contribution in [0.2, 0.25) is 0 Å². The summed E-state index contributed by atoms with van der Waals surface area (Å²) < 4.78 is 12.3. The van der Waals surface area contributed by atoms with Crippen LogP contribution in [0.5, 0.6) is 0 Å². The lowest BCUT2D eigenvalue weighted by atomic mass is 9.82. The Kier molecular flexibility index (Phi) is 3.95. The van der Waals surface area contributed by atoms with Crippen molar-refractivity contribution in [2.45, 2.75) is 58.7 Å². The van der Waals surface area contributed by atoms with Gasteiger partial charge in [0.15, 0.2) is 5.13 Å². The maximum absolute atomic E-state index is 6.14. The van der Waals surface area contributed by atoms with E-state index in [-0.39, 0.29) is 18.3 Å². The number of hydrogen-bond acceptors (Lipinski definition) is 5. The summed E-state index contributed by atoms with van der Waals surface area (Å²) in [6.07, 6.45) is 0. The van der Waals surface area contributed by atoms with Gasteiger partial charge in [0, 0.05) is 19.0 Å². The number of nitrogens with zero attached hydrogens (tertiary/aromatic N) is 2. The minimum Gasteiger partial charge on any atom is -0.398 e. The van der Waals surface area contributed by atoms with Gasteiger partial charge in [-0.05, 0) is 33.6 Å². The SMILES string of the molecule is CC(C)c1sc(N(C)C)nc1B1OC(C)(C)C(C)(C)O1. The number of thiazole rings is 1. The number of aromatic nitrogens is 1. The highest BCUT2D eigenvalue weighted by atomic mass is 32.1.